The van der Waals surface area contributed by atoms with Crippen molar-refractivity contribution in [3.63, 3.8) is 0 Å². The van der Waals surface area contributed by atoms with E-state index in [1.807, 2.05) is 25.1 Å². The second-order valence-corrected chi connectivity index (χ2v) is 5.87. The number of aliphatic hydroxyl groups is 1. The summed E-state index contributed by atoms with van der Waals surface area (Å²) >= 11 is 0. The van der Waals surface area contributed by atoms with Crippen LogP contribution < -0.4 is 11.1 Å². The molecule has 100 valence electrons. The smallest absolute Gasteiger partial charge is 0.0821 e. The van der Waals surface area contributed by atoms with E-state index in [0.717, 1.165) is 30.6 Å². The standard InChI is InChI=1S/C15H24N2O/c1-11-5-6-13(16)14(8-11)17-10-15(18)7-3-4-12(2)9-15/h5-6,8,12,17-18H,3-4,7,9-10,16H2,1-2H3. The molecular formula is C15H24N2O. The Morgan fingerprint density at radius 2 is 2.28 bits per heavy atom. The molecule has 0 amide bonds. The van der Waals surface area contributed by atoms with Gasteiger partial charge in [0, 0.05) is 6.54 Å². The van der Waals surface area contributed by atoms with Gasteiger partial charge >= 0.3 is 0 Å². The van der Waals surface area contributed by atoms with E-state index in [2.05, 4.69) is 12.2 Å². The summed E-state index contributed by atoms with van der Waals surface area (Å²) in [7, 11) is 0. The Morgan fingerprint density at radius 1 is 1.50 bits per heavy atom. The number of benzene rings is 1. The maximum absolute atomic E-state index is 10.6. The minimum absolute atomic E-state index is 0.576. The number of aryl methyl sites for hydroxylation is 1. The van der Waals surface area contributed by atoms with Gasteiger partial charge in [-0.3, -0.25) is 0 Å². The molecule has 4 N–H and O–H groups in total. The van der Waals surface area contributed by atoms with Crippen LogP contribution in [-0.4, -0.2) is 17.3 Å². The highest BCUT2D eigenvalue weighted by molar-refractivity contribution is 5.67. The lowest BCUT2D eigenvalue weighted by Gasteiger charge is -2.36. The van der Waals surface area contributed by atoms with Gasteiger partial charge in [0.2, 0.25) is 0 Å². The van der Waals surface area contributed by atoms with E-state index in [4.69, 9.17) is 5.73 Å². The van der Waals surface area contributed by atoms with Gasteiger partial charge in [0.05, 0.1) is 17.0 Å². The number of hydrogen-bond donors (Lipinski definition) is 3. The highest BCUT2D eigenvalue weighted by Gasteiger charge is 2.32. The zero-order valence-electron chi connectivity index (χ0n) is 11.4. The minimum Gasteiger partial charge on any atom is -0.397 e. The van der Waals surface area contributed by atoms with Gasteiger partial charge in [-0.05, 0) is 43.4 Å². The van der Waals surface area contributed by atoms with E-state index in [-0.39, 0.29) is 0 Å². The summed E-state index contributed by atoms with van der Waals surface area (Å²) in [4.78, 5) is 0. The molecule has 2 rings (SSSR count). The fraction of sp³-hybridized carbons (Fsp3) is 0.600. The van der Waals surface area contributed by atoms with E-state index >= 15 is 0 Å². The largest absolute Gasteiger partial charge is 0.397 e. The number of nitrogens with two attached hydrogens (primary N) is 1. The molecule has 0 aliphatic heterocycles. The Kier molecular flexibility index (Phi) is 3.81. The van der Waals surface area contributed by atoms with Crippen LogP contribution in [0.3, 0.4) is 0 Å². The lowest BCUT2D eigenvalue weighted by molar-refractivity contribution is -0.000748. The summed E-state index contributed by atoms with van der Waals surface area (Å²) in [6.45, 7) is 4.85. The molecule has 1 fully saturated rings. The first-order chi connectivity index (χ1) is 8.48. The van der Waals surface area contributed by atoms with Gasteiger partial charge in [0.15, 0.2) is 0 Å². The van der Waals surface area contributed by atoms with Crippen LogP contribution in [-0.2, 0) is 0 Å². The molecule has 3 nitrogen and oxygen atoms in total. The van der Waals surface area contributed by atoms with Crippen LogP contribution in [0, 0.1) is 12.8 Å². The van der Waals surface area contributed by atoms with Crippen LogP contribution in [0.4, 0.5) is 11.4 Å². The molecule has 2 atom stereocenters. The van der Waals surface area contributed by atoms with Crippen molar-refractivity contribution in [1.29, 1.82) is 0 Å². The number of hydrogen-bond acceptors (Lipinski definition) is 3. The molecule has 1 aliphatic carbocycles. The maximum atomic E-state index is 10.6. The zero-order chi connectivity index (χ0) is 13.2. The van der Waals surface area contributed by atoms with E-state index in [9.17, 15) is 5.11 Å². The summed E-state index contributed by atoms with van der Waals surface area (Å²) in [5, 5.41) is 13.9. The first kappa shape index (κ1) is 13.2. The molecule has 0 spiro atoms. The van der Waals surface area contributed by atoms with E-state index < -0.39 is 5.60 Å². The minimum atomic E-state index is -0.576. The van der Waals surface area contributed by atoms with Gasteiger partial charge in [-0.15, -0.1) is 0 Å². The molecule has 1 saturated carbocycles. The van der Waals surface area contributed by atoms with Crippen molar-refractivity contribution in [3.8, 4) is 0 Å². The quantitative estimate of drug-likeness (QED) is 0.721. The van der Waals surface area contributed by atoms with Crippen LogP contribution in [0.2, 0.25) is 0 Å². The Labute approximate surface area is 109 Å². The number of nitrogen functional groups attached to an aromatic ring is 1. The van der Waals surface area contributed by atoms with Crippen LogP contribution >= 0.6 is 0 Å². The molecule has 0 radical (unpaired) electrons. The third-order valence-electron chi connectivity index (χ3n) is 3.88. The Morgan fingerprint density at radius 3 is 3.00 bits per heavy atom. The first-order valence-electron chi connectivity index (χ1n) is 6.81. The second-order valence-electron chi connectivity index (χ2n) is 5.87. The third-order valence-corrected chi connectivity index (χ3v) is 3.88. The second kappa shape index (κ2) is 5.19. The predicted molar refractivity (Wildman–Crippen MR) is 76.7 cm³/mol. The highest BCUT2D eigenvalue weighted by Crippen LogP contribution is 2.32. The fourth-order valence-corrected chi connectivity index (χ4v) is 2.88. The molecule has 0 saturated heterocycles. The summed E-state index contributed by atoms with van der Waals surface area (Å²) in [6.07, 6.45) is 4.11. The summed E-state index contributed by atoms with van der Waals surface area (Å²) in [5.41, 5.74) is 8.21. The normalized spacial score (nSPS) is 28.1. The predicted octanol–water partition coefficient (Wildman–Crippen LogP) is 2.93. The molecule has 0 bridgehead atoms. The van der Waals surface area contributed by atoms with Crippen molar-refractivity contribution in [3.05, 3.63) is 23.8 Å². The van der Waals surface area contributed by atoms with Gasteiger partial charge in [-0.1, -0.05) is 25.8 Å². The van der Waals surface area contributed by atoms with E-state index in [1.54, 1.807) is 0 Å². The summed E-state index contributed by atoms with van der Waals surface area (Å²) in [5.74, 6) is 0.611. The van der Waals surface area contributed by atoms with Crippen molar-refractivity contribution in [2.45, 2.75) is 45.1 Å². The molecule has 2 unspecified atom stereocenters. The SMILES string of the molecule is Cc1ccc(N)c(NCC2(O)CCCC(C)C2)c1. The first-order valence-corrected chi connectivity index (χ1v) is 6.81. The Bertz CT molecular complexity index is 419. The summed E-state index contributed by atoms with van der Waals surface area (Å²) in [6, 6.07) is 5.94. The summed E-state index contributed by atoms with van der Waals surface area (Å²) < 4.78 is 0. The van der Waals surface area contributed by atoms with Crippen molar-refractivity contribution in [2.24, 2.45) is 5.92 Å². The Hall–Kier alpha value is -1.22. The lowest BCUT2D eigenvalue weighted by atomic mass is 9.79. The Balaban J connectivity index is 2.00. The third kappa shape index (κ3) is 3.16. The fourth-order valence-electron chi connectivity index (χ4n) is 2.88. The van der Waals surface area contributed by atoms with Gasteiger partial charge in [0.25, 0.3) is 0 Å². The van der Waals surface area contributed by atoms with Crippen molar-refractivity contribution < 1.29 is 5.11 Å². The molecule has 18 heavy (non-hydrogen) atoms. The monoisotopic (exact) mass is 248 g/mol. The van der Waals surface area contributed by atoms with Crippen LogP contribution in [0.25, 0.3) is 0 Å². The van der Waals surface area contributed by atoms with E-state index in [0.29, 0.717) is 12.5 Å². The number of rotatable bonds is 3. The molecule has 1 aromatic rings. The molecule has 0 heterocycles. The lowest BCUT2D eigenvalue weighted by Crippen LogP contribution is -2.41. The molecule has 3 heteroatoms. The maximum Gasteiger partial charge on any atom is 0.0821 e. The van der Waals surface area contributed by atoms with Crippen LogP contribution in [0.1, 0.15) is 38.2 Å². The van der Waals surface area contributed by atoms with E-state index in [1.165, 1.54) is 12.0 Å². The van der Waals surface area contributed by atoms with Crippen molar-refractivity contribution >= 4 is 11.4 Å². The van der Waals surface area contributed by atoms with Crippen molar-refractivity contribution in [1.82, 2.24) is 0 Å². The molecule has 1 aliphatic rings. The average Bonchev–Trinajstić information content (AvgIpc) is 2.30. The molecule has 0 aromatic heterocycles. The number of nitrogens with one attached hydrogen (secondary N) is 1. The van der Waals surface area contributed by atoms with Gasteiger partial charge < -0.3 is 16.2 Å². The topological polar surface area (TPSA) is 58.3 Å². The average molecular weight is 248 g/mol. The zero-order valence-corrected chi connectivity index (χ0v) is 11.4. The molecule has 1 aromatic carbocycles. The highest BCUT2D eigenvalue weighted by atomic mass is 16.3. The van der Waals surface area contributed by atoms with Gasteiger partial charge in [-0.2, -0.15) is 0 Å². The number of anilines is 2. The van der Waals surface area contributed by atoms with Crippen LogP contribution in [0.5, 0.6) is 0 Å². The van der Waals surface area contributed by atoms with Crippen molar-refractivity contribution in [2.75, 3.05) is 17.6 Å². The van der Waals surface area contributed by atoms with Gasteiger partial charge in [0.1, 0.15) is 0 Å². The molecular weight excluding hydrogens is 224 g/mol. The van der Waals surface area contributed by atoms with Gasteiger partial charge in [-0.25, -0.2) is 0 Å². The van der Waals surface area contributed by atoms with Crippen LogP contribution in [0.15, 0.2) is 18.2 Å².